The smallest absolute Gasteiger partial charge is 0.275 e. The van der Waals surface area contributed by atoms with E-state index in [0.29, 0.717) is 23.7 Å². The van der Waals surface area contributed by atoms with Crippen molar-refractivity contribution >= 4 is 50.8 Å². The molecule has 1 aliphatic rings. The predicted molar refractivity (Wildman–Crippen MR) is 126 cm³/mol. The maximum Gasteiger partial charge on any atom is 0.275 e. The Bertz CT molecular complexity index is 1120. The number of aromatic nitrogens is 1. The molecule has 3 aromatic rings. The third-order valence-corrected chi connectivity index (χ3v) is 7.46. The summed E-state index contributed by atoms with van der Waals surface area (Å²) in [6.07, 6.45) is 0. The van der Waals surface area contributed by atoms with E-state index in [1.807, 2.05) is 19.1 Å². The highest BCUT2D eigenvalue weighted by atomic mass is 79.9. The van der Waals surface area contributed by atoms with Crippen LogP contribution in [0.5, 0.6) is 0 Å². The first kappa shape index (κ1) is 22.0. The fourth-order valence-electron chi connectivity index (χ4n) is 3.32. The van der Waals surface area contributed by atoms with Crippen LogP contribution in [0, 0.1) is 12.7 Å². The van der Waals surface area contributed by atoms with E-state index >= 15 is 0 Å². The molecule has 160 valence electrons. The molecular weight excluding hydrogens is 501 g/mol. The molecule has 1 N–H and O–H groups in total. The summed E-state index contributed by atoms with van der Waals surface area (Å²) in [7, 11) is 0. The summed E-state index contributed by atoms with van der Waals surface area (Å²) in [6.45, 7) is 2.21. The van der Waals surface area contributed by atoms with Crippen LogP contribution >= 0.6 is 39.0 Å². The van der Waals surface area contributed by atoms with Gasteiger partial charge in [-0.3, -0.25) is 9.59 Å². The van der Waals surface area contributed by atoms with Crippen molar-refractivity contribution < 1.29 is 14.0 Å². The summed E-state index contributed by atoms with van der Waals surface area (Å²) in [5.74, 6) is 0.599. The molecule has 0 spiro atoms. The Labute approximate surface area is 196 Å². The van der Waals surface area contributed by atoms with Crippen molar-refractivity contribution in [3.8, 4) is 10.4 Å². The number of benzene rings is 2. The normalized spacial score (nSPS) is 15.8. The Hall–Kier alpha value is -2.23. The molecule has 9 heteroatoms. The second-order valence-electron chi connectivity index (χ2n) is 7.07. The summed E-state index contributed by atoms with van der Waals surface area (Å²) < 4.78 is 14.2. The minimum absolute atomic E-state index is 0.128. The first-order valence-electron chi connectivity index (χ1n) is 9.58. The molecule has 5 nitrogen and oxygen atoms in total. The van der Waals surface area contributed by atoms with Crippen LogP contribution in [0.4, 0.5) is 4.39 Å². The number of thioether (sulfide) groups is 1. The molecule has 1 fully saturated rings. The summed E-state index contributed by atoms with van der Waals surface area (Å²) in [5, 5.41) is 3.71. The average Bonchev–Trinajstić information content (AvgIpc) is 3.38. The molecule has 2 aromatic carbocycles. The zero-order valence-electron chi connectivity index (χ0n) is 16.6. The van der Waals surface area contributed by atoms with Crippen molar-refractivity contribution in [2.24, 2.45) is 0 Å². The van der Waals surface area contributed by atoms with Gasteiger partial charge in [-0.1, -0.05) is 34.1 Å². The van der Waals surface area contributed by atoms with Gasteiger partial charge in [-0.05, 0) is 42.8 Å². The molecule has 0 radical (unpaired) electrons. The van der Waals surface area contributed by atoms with Gasteiger partial charge in [0.1, 0.15) is 11.5 Å². The van der Waals surface area contributed by atoms with Gasteiger partial charge < -0.3 is 10.2 Å². The monoisotopic (exact) mass is 519 g/mol. The van der Waals surface area contributed by atoms with E-state index in [1.165, 1.54) is 23.5 Å². The lowest BCUT2D eigenvalue weighted by Gasteiger charge is -2.24. The Kier molecular flexibility index (Phi) is 6.74. The Balaban J connectivity index is 1.49. The second kappa shape index (κ2) is 9.50. The van der Waals surface area contributed by atoms with Gasteiger partial charge in [0.05, 0.1) is 21.8 Å². The lowest BCUT2D eigenvalue weighted by atomic mass is 10.1. The zero-order chi connectivity index (χ0) is 22.0. The summed E-state index contributed by atoms with van der Waals surface area (Å²) >= 11 is 6.43. The first-order valence-corrected chi connectivity index (χ1v) is 12.3. The minimum Gasteiger partial charge on any atom is -0.350 e. The average molecular weight is 520 g/mol. The molecule has 2 amide bonds. The van der Waals surface area contributed by atoms with Crippen LogP contribution in [0.25, 0.3) is 10.4 Å². The van der Waals surface area contributed by atoms with Gasteiger partial charge in [-0.2, -0.15) is 0 Å². The van der Waals surface area contributed by atoms with E-state index in [0.717, 1.165) is 25.7 Å². The Morgan fingerprint density at radius 2 is 2.03 bits per heavy atom. The van der Waals surface area contributed by atoms with Crippen LogP contribution in [0.2, 0.25) is 0 Å². The van der Waals surface area contributed by atoms with E-state index in [-0.39, 0.29) is 23.7 Å². The van der Waals surface area contributed by atoms with Crippen LogP contribution in [0.15, 0.2) is 53.0 Å². The maximum atomic E-state index is 13.4. The lowest BCUT2D eigenvalue weighted by Crippen LogP contribution is -2.44. The van der Waals surface area contributed by atoms with Crippen LogP contribution in [-0.4, -0.2) is 45.9 Å². The van der Waals surface area contributed by atoms with Crippen molar-refractivity contribution in [1.82, 2.24) is 15.2 Å². The Morgan fingerprint density at radius 1 is 1.26 bits per heavy atom. The zero-order valence-corrected chi connectivity index (χ0v) is 19.8. The molecule has 0 saturated carbocycles. The van der Waals surface area contributed by atoms with Crippen LogP contribution in [0.3, 0.4) is 0 Å². The van der Waals surface area contributed by atoms with Crippen molar-refractivity contribution in [2.45, 2.75) is 13.0 Å². The van der Waals surface area contributed by atoms with Gasteiger partial charge in [-0.15, -0.1) is 23.1 Å². The van der Waals surface area contributed by atoms with Gasteiger partial charge in [0.25, 0.3) is 11.8 Å². The van der Waals surface area contributed by atoms with E-state index in [4.69, 9.17) is 0 Å². The fraction of sp³-hybridized carbons (Fsp3) is 0.227. The van der Waals surface area contributed by atoms with Crippen molar-refractivity contribution in [2.75, 3.05) is 18.2 Å². The number of halogens is 2. The van der Waals surface area contributed by atoms with E-state index in [1.54, 1.807) is 40.9 Å². The number of hydrogen-bond acceptors (Lipinski definition) is 5. The largest absolute Gasteiger partial charge is 0.350 e. The van der Waals surface area contributed by atoms with E-state index in [9.17, 15) is 14.0 Å². The highest BCUT2D eigenvalue weighted by Gasteiger charge is 2.33. The number of thiazole rings is 1. The third kappa shape index (κ3) is 4.99. The molecule has 2 heterocycles. The lowest BCUT2D eigenvalue weighted by molar-refractivity contribution is 0.0732. The highest BCUT2D eigenvalue weighted by molar-refractivity contribution is 9.10. The van der Waals surface area contributed by atoms with Gasteiger partial charge in [0.15, 0.2) is 0 Å². The molecule has 4 rings (SSSR count). The SMILES string of the molecule is Cc1nc(C(=O)N2CSCC2CNC(=O)c2cccc(Br)c2)c(-c2ccc(F)cc2)s1. The number of nitrogens with zero attached hydrogens (tertiary/aromatic N) is 2. The third-order valence-electron chi connectivity index (χ3n) is 4.87. The van der Waals surface area contributed by atoms with Gasteiger partial charge in [0, 0.05) is 22.3 Å². The Morgan fingerprint density at radius 3 is 2.77 bits per heavy atom. The molecule has 0 bridgehead atoms. The van der Waals surface area contributed by atoms with E-state index < -0.39 is 0 Å². The molecule has 1 saturated heterocycles. The van der Waals surface area contributed by atoms with Crippen LogP contribution in [-0.2, 0) is 0 Å². The first-order chi connectivity index (χ1) is 14.9. The summed E-state index contributed by atoms with van der Waals surface area (Å²) in [4.78, 5) is 32.8. The molecule has 0 aliphatic carbocycles. The van der Waals surface area contributed by atoms with Crippen LogP contribution < -0.4 is 5.32 Å². The number of hydrogen-bond donors (Lipinski definition) is 1. The standard InChI is InChI=1S/C22H19BrFN3O2S2/c1-13-26-19(20(31-13)14-5-7-17(24)8-6-14)22(29)27-12-30-11-18(27)10-25-21(28)15-3-2-4-16(23)9-15/h2-9,18H,10-12H2,1H3,(H,25,28). The molecule has 31 heavy (non-hydrogen) atoms. The number of carbonyl (C=O) groups is 2. The number of carbonyl (C=O) groups excluding carboxylic acids is 2. The quantitative estimate of drug-likeness (QED) is 0.517. The number of amides is 2. The topological polar surface area (TPSA) is 62.3 Å². The predicted octanol–water partition coefficient (Wildman–Crippen LogP) is 4.97. The molecule has 1 aliphatic heterocycles. The van der Waals surface area contributed by atoms with Crippen molar-refractivity contribution in [1.29, 1.82) is 0 Å². The molecule has 1 aromatic heterocycles. The van der Waals surface area contributed by atoms with Gasteiger partial charge in [-0.25, -0.2) is 9.37 Å². The summed E-state index contributed by atoms with van der Waals surface area (Å²) in [6, 6.07) is 13.1. The van der Waals surface area contributed by atoms with Crippen molar-refractivity contribution in [3.05, 3.63) is 75.1 Å². The van der Waals surface area contributed by atoms with Gasteiger partial charge in [0.2, 0.25) is 0 Å². The second-order valence-corrected chi connectivity index (χ2v) is 10.2. The highest BCUT2D eigenvalue weighted by Crippen LogP contribution is 2.33. The number of aryl methyl sites for hydroxylation is 1. The van der Waals surface area contributed by atoms with Gasteiger partial charge >= 0.3 is 0 Å². The molecule has 1 unspecified atom stereocenters. The molecular formula is C22H19BrFN3O2S2. The number of rotatable bonds is 5. The molecule has 1 atom stereocenters. The number of nitrogens with one attached hydrogen (secondary N) is 1. The van der Waals surface area contributed by atoms with Crippen molar-refractivity contribution in [3.63, 3.8) is 0 Å². The minimum atomic E-state index is -0.324. The fourth-order valence-corrected chi connectivity index (χ4v) is 5.84. The van der Waals surface area contributed by atoms with E-state index in [2.05, 4.69) is 26.2 Å². The van der Waals surface area contributed by atoms with Crippen LogP contribution in [0.1, 0.15) is 25.9 Å². The summed E-state index contributed by atoms with van der Waals surface area (Å²) in [5.41, 5.74) is 1.70. The maximum absolute atomic E-state index is 13.4.